The van der Waals surface area contributed by atoms with E-state index in [0.717, 1.165) is 15.6 Å². The monoisotopic (exact) mass is 413 g/mol. The van der Waals surface area contributed by atoms with Gasteiger partial charge in [-0.1, -0.05) is 34.1 Å². The normalized spacial score (nSPS) is 12.0. The van der Waals surface area contributed by atoms with Gasteiger partial charge < -0.3 is 5.32 Å². The van der Waals surface area contributed by atoms with E-state index in [1.54, 1.807) is 0 Å². The minimum Gasteiger partial charge on any atom is -0.348 e. The Balaban J connectivity index is 1.63. The lowest BCUT2D eigenvalue weighted by molar-refractivity contribution is -0.122. The van der Waals surface area contributed by atoms with Gasteiger partial charge in [-0.25, -0.2) is 0 Å². The van der Waals surface area contributed by atoms with Crippen LogP contribution in [0.5, 0.6) is 0 Å². The van der Waals surface area contributed by atoms with Gasteiger partial charge in [0, 0.05) is 10.0 Å². The number of aryl methyl sites for hydroxylation is 2. The number of nitrogens with one attached hydrogen (secondary N) is 1. The average molecular weight is 414 g/mol. The van der Waals surface area contributed by atoms with Gasteiger partial charge in [0.25, 0.3) is 0 Å². The fourth-order valence-electron chi connectivity index (χ4n) is 2.56. The van der Waals surface area contributed by atoms with E-state index in [2.05, 4.69) is 62.6 Å². The summed E-state index contributed by atoms with van der Waals surface area (Å²) >= 11 is 3.39. The second kappa shape index (κ2) is 7.78. The van der Waals surface area contributed by atoms with Gasteiger partial charge in [0.05, 0.1) is 6.04 Å². The third kappa shape index (κ3) is 4.35. The molecule has 3 aromatic rings. The van der Waals surface area contributed by atoms with Crippen LogP contribution in [0.2, 0.25) is 0 Å². The van der Waals surface area contributed by atoms with Crippen LogP contribution in [0, 0.1) is 13.8 Å². The first-order valence-corrected chi connectivity index (χ1v) is 9.12. The van der Waals surface area contributed by atoms with Crippen molar-refractivity contribution in [1.82, 2.24) is 25.5 Å². The molecule has 6 nitrogen and oxygen atoms in total. The highest BCUT2D eigenvalue weighted by Crippen LogP contribution is 2.18. The third-order valence-corrected chi connectivity index (χ3v) is 4.78. The lowest BCUT2D eigenvalue weighted by Gasteiger charge is -2.15. The molecule has 7 heteroatoms. The summed E-state index contributed by atoms with van der Waals surface area (Å²) in [6.07, 6.45) is 0. The molecular formula is C19H20BrN5O. The Labute approximate surface area is 160 Å². The van der Waals surface area contributed by atoms with E-state index < -0.39 is 0 Å². The smallest absolute Gasteiger partial charge is 0.244 e. The van der Waals surface area contributed by atoms with Gasteiger partial charge in [-0.15, -0.1) is 10.2 Å². The van der Waals surface area contributed by atoms with Crippen LogP contribution in [0.1, 0.15) is 29.7 Å². The fraction of sp³-hybridized carbons (Fsp3) is 0.263. The van der Waals surface area contributed by atoms with Crippen molar-refractivity contribution in [2.24, 2.45) is 0 Å². The van der Waals surface area contributed by atoms with Crippen LogP contribution in [-0.2, 0) is 11.3 Å². The van der Waals surface area contributed by atoms with Crippen LogP contribution in [0.15, 0.2) is 46.9 Å². The molecule has 0 aliphatic rings. The van der Waals surface area contributed by atoms with Crippen molar-refractivity contribution in [1.29, 1.82) is 0 Å². The molecule has 0 aliphatic carbocycles. The topological polar surface area (TPSA) is 72.7 Å². The zero-order chi connectivity index (χ0) is 18.7. The number of tetrazole rings is 1. The number of hydrogen-bond acceptors (Lipinski definition) is 4. The predicted octanol–water partition coefficient (Wildman–Crippen LogP) is 3.60. The van der Waals surface area contributed by atoms with E-state index >= 15 is 0 Å². The third-order valence-electron chi connectivity index (χ3n) is 4.25. The zero-order valence-electron chi connectivity index (χ0n) is 14.9. The van der Waals surface area contributed by atoms with Crippen molar-refractivity contribution in [2.45, 2.75) is 33.4 Å². The molecule has 0 bridgehead atoms. The zero-order valence-corrected chi connectivity index (χ0v) is 16.5. The van der Waals surface area contributed by atoms with Crippen LogP contribution >= 0.6 is 15.9 Å². The molecule has 1 N–H and O–H groups in total. The molecule has 0 saturated heterocycles. The summed E-state index contributed by atoms with van der Waals surface area (Å²) in [5.74, 6) is 0.336. The van der Waals surface area contributed by atoms with Gasteiger partial charge >= 0.3 is 0 Å². The van der Waals surface area contributed by atoms with Crippen LogP contribution < -0.4 is 5.32 Å². The second-order valence-corrected chi connectivity index (χ2v) is 7.20. The van der Waals surface area contributed by atoms with Crippen LogP contribution in [0.25, 0.3) is 11.4 Å². The average Bonchev–Trinajstić information content (AvgIpc) is 3.06. The SMILES string of the molecule is Cc1ccc([C@H](C)NC(=O)Cn2nnc(-c3ccc(Br)cc3)n2)cc1C. The van der Waals surface area contributed by atoms with Gasteiger partial charge in [-0.05, 0) is 66.9 Å². The molecule has 1 aromatic heterocycles. The maximum Gasteiger partial charge on any atom is 0.244 e. The van der Waals surface area contributed by atoms with Crippen molar-refractivity contribution in [3.05, 3.63) is 63.6 Å². The van der Waals surface area contributed by atoms with Gasteiger partial charge in [-0.2, -0.15) is 4.80 Å². The predicted molar refractivity (Wildman–Crippen MR) is 103 cm³/mol. The summed E-state index contributed by atoms with van der Waals surface area (Å²) in [6, 6.07) is 13.7. The molecule has 0 radical (unpaired) electrons. The lowest BCUT2D eigenvalue weighted by Crippen LogP contribution is -2.30. The molecule has 134 valence electrons. The van der Waals surface area contributed by atoms with Gasteiger partial charge in [0.1, 0.15) is 6.54 Å². The van der Waals surface area contributed by atoms with Crippen LogP contribution in [-0.4, -0.2) is 26.1 Å². The standard InChI is InChI=1S/C19H20BrN5O/c1-12-4-5-16(10-13(12)2)14(3)21-18(26)11-25-23-19(22-24-25)15-6-8-17(20)9-7-15/h4-10,14H,11H2,1-3H3,(H,21,26)/t14-/m0/s1. The molecule has 0 spiro atoms. The summed E-state index contributed by atoms with van der Waals surface area (Å²) in [6.45, 7) is 6.13. The number of benzene rings is 2. The fourth-order valence-corrected chi connectivity index (χ4v) is 2.82. The molecule has 26 heavy (non-hydrogen) atoms. The molecule has 0 unspecified atom stereocenters. The maximum absolute atomic E-state index is 12.3. The first-order valence-electron chi connectivity index (χ1n) is 8.32. The Morgan fingerprint density at radius 3 is 2.58 bits per heavy atom. The molecule has 1 heterocycles. The second-order valence-electron chi connectivity index (χ2n) is 6.28. The lowest BCUT2D eigenvalue weighted by atomic mass is 10.0. The Kier molecular flexibility index (Phi) is 5.46. The number of aromatic nitrogens is 4. The first kappa shape index (κ1) is 18.3. The van der Waals surface area contributed by atoms with Crippen LogP contribution in [0.3, 0.4) is 0 Å². The van der Waals surface area contributed by atoms with E-state index in [9.17, 15) is 4.79 Å². The highest BCUT2D eigenvalue weighted by molar-refractivity contribution is 9.10. The van der Waals surface area contributed by atoms with Gasteiger partial charge in [0.2, 0.25) is 11.7 Å². The maximum atomic E-state index is 12.3. The van der Waals surface area contributed by atoms with E-state index in [1.807, 2.05) is 37.3 Å². The highest BCUT2D eigenvalue weighted by atomic mass is 79.9. The number of halogens is 1. The van der Waals surface area contributed by atoms with Crippen molar-refractivity contribution in [3.63, 3.8) is 0 Å². The number of carbonyl (C=O) groups is 1. The minimum atomic E-state index is -0.157. The Bertz CT molecular complexity index is 920. The largest absolute Gasteiger partial charge is 0.348 e. The molecule has 1 atom stereocenters. The van der Waals surface area contributed by atoms with E-state index in [0.29, 0.717) is 5.82 Å². The highest BCUT2D eigenvalue weighted by Gasteiger charge is 2.13. The quantitative estimate of drug-likeness (QED) is 0.693. The summed E-state index contributed by atoms with van der Waals surface area (Å²) in [5.41, 5.74) is 4.37. The minimum absolute atomic E-state index is 0.0265. The first-order chi connectivity index (χ1) is 12.4. The Morgan fingerprint density at radius 1 is 1.15 bits per heavy atom. The molecule has 0 aliphatic heterocycles. The number of hydrogen-bond donors (Lipinski definition) is 1. The van der Waals surface area contributed by atoms with Crippen LogP contribution in [0.4, 0.5) is 0 Å². The van der Waals surface area contributed by atoms with Gasteiger partial charge in [0.15, 0.2) is 0 Å². The number of amides is 1. The number of carbonyl (C=O) groups excluding carboxylic acids is 1. The number of rotatable bonds is 5. The Hall–Kier alpha value is -2.54. The Morgan fingerprint density at radius 2 is 1.88 bits per heavy atom. The van der Waals surface area contributed by atoms with Crippen molar-refractivity contribution in [3.8, 4) is 11.4 Å². The summed E-state index contributed by atoms with van der Waals surface area (Å²) in [5, 5.41) is 15.2. The van der Waals surface area contributed by atoms with Gasteiger partial charge in [-0.3, -0.25) is 4.79 Å². The van der Waals surface area contributed by atoms with E-state index in [4.69, 9.17) is 0 Å². The summed E-state index contributed by atoms with van der Waals surface area (Å²) in [4.78, 5) is 13.6. The molecule has 0 fully saturated rings. The van der Waals surface area contributed by atoms with E-state index in [-0.39, 0.29) is 18.5 Å². The molecule has 1 amide bonds. The van der Waals surface area contributed by atoms with Crippen molar-refractivity contribution < 1.29 is 4.79 Å². The molecule has 2 aromatic carbocycles. The molecular weight excluding hydrogens is 394 g/mol. The molecule has 3 rings (SSSR count). The van der Waals surface area contributed by atoms with Crippen molar-refractivity contribution >= 4 is 21.8 Å². The van der Waals surface area contributed by atoms with E-state index in [1.165, 1.54) is 15.9 Å². The van der Waals surface area contributed by atoms with Crippen molar-refractivity contribution in [2.75, 3.05) is 0 Å². The summed E-state index contributed by atoms with van der Waals surface area (Å²) in [7, 11) is 0. The molecule has 0 saturated carbocycles. The number of nitrogens with zero attached hydrogens (tertiary/aromatic N) is 4. The summed E-state index contributed by atoms with van der Waals surface area (Å²) < 4.78 is 0.980.